The van der Waals surface area contributed by atoms with Gasteiger partial charge in [0.15, 0.2) is 0 Å². The number of rotatable bonds is 2. The van der Waals surface area contributed by atoms with Gasteiger partial charge in [0.25, 0.3) is 0 Å². The Hall–Kier alpha value is -1.35. The van der Waals surface area contributed by atoms with Crippen LogP contribution < -0.4 is 0 Å². The van der Waals surface area contributed by atoms with E-state index < -0.39 is 12.1 Å². The molecule has 1 aliphatic carbocycles. The standard InChI is InChI=1S/C15H20O3/c1-6-15(5)7-10(16)11-9(4)14(17)18-13(11)12(15)8(2)3/h6,10-13,16H,1-2,4,7H2,3,5H3. The summed E-state index contributed by atoms with van der Waals surface area (Å²) in [5.41, 5.74) is 1.02. The molecule has 0 radical (unpaired) electrons. The van der Waals surface area contributed by atoms with Crippen molar-refractivity contribution in [1.82, 2.24) is 0 Å². The number of aliphatic hydroxyl groups excluding tert-OH is 1. The van der Waals surface area contributed by atoms with Crippen molar-refractivity contribution in [2.75, 3.05) is 0 Å². The molecule has 3 nitrogen and oxygen atoms in total. The molecule has 2 aliphatic rings. The maximum Gasteiger partial charge on any atom is 0.334 e. The Balaban J connectivity index is 2.47. The second-order valence-corrected chi connectivity index (χ2v) is 5.73. The summed E-state index contributed by atoms with van der Waals surface area (Å²) in [6.07, 6.45) is 1.40. The molecule has 0 bridgehead atoms. The highest BCUT2D eigenvalue weighted by atomic mass is 16.6. The van der Waals surface area contributed by atoms with Gasteiger partial charge < -0.3 is 9.84 Å². The van der Waals surface area contributed by atoms with E-state index in [2.05, 4.69) is 19.7 Å². The summed E-state index contributed by atoms with van der Waals surface area (Å²) < 4.78 is 5.41. The normalized spacial score (nSPS) is 43.3. The molecule has 3 heteroatoms. The molecule has 5 atom stereocenters. The predicted molar refractivity (Wildman–Crippen MR) is 69.7 cm³/mol. The first-order chi connectivity index (χ1) is 8.31. The highest BCUT2D eigenvalue weighted by molar-refractivity contribution is 5.91. The first-order valence-corrected chi connectivity index (χ1v) is 6.18. The SMILES string of the molecule is C=CC1(C)CC(O)C2C(=C)C(=O)OC2C1C(=C)C. The summed E-state index contributed by atoms with van der Waals surface area (Å²) >= 11 is 0. The van der Waals surface area contributed by atoms with E-state index in [4.69, 9.17) is 4.74 Å². The van der Waals surface area contributed by atoms with Gasteiger partial charge in [-0.1, -0.05) is 31.7 Å². The summed E-state index contributed by atoms with van der Waals surface area (Å²) in [5, 5.41) is 10.3. The smallest absolute Gasteiger partial charge is 0.334 e. The van der Waals surface area contributed by atoms with Gasteiger partial charge in [-0.25, -0.2) is 4.79 Å². The van der Waals surface area contributed by atoms with Gasteiger partial charge in [0.05, 0.1) is 12.0 Å². The molecule has 0 aromatic heterocycles. The summed E-state index contributed by atoms with van der Waals surface area (Å²) in [7, 11) is 0. The van der Waals surface area contributed by atoms with Crippen LogP contribution in [0.15, 0.2) is 37.0 Å². The fourth-order valence-electron chi connectivity index (χ4n) is 3.47. The average molecular weight is 248 g/mol. The van der Waals surface area contributed by atoms with Gasteiger partial charge >= 0.3 is 5.97 Å². The van der Waals surface area contributed by atoms with Crippen LogP contribution in [0.1, 0.15) is 20.3 Å². The van der Waals surface area contributed by atoms with Crippen LogP contribution in [-0.4, -0.2) is 23.3 Å². The van der Waals surface area contributed by atoms with Crippen molar-refractivity contribution in [2.45, 2.75) is 32.5 Å². The van der Waals surface area contributed by atoms with Crippen LogP contribution in [0.25, 0.3) is 0 Å². The monoisotopic (exact) mass is 248 g/mol. The lowest BCUT2D eigenvalue weighted by Crippen LogP contribution is -2.49. The molecule has 1 saturated carbocycles. The van der Waals surface area contributed by atoms with Crippen LogP contribution in [0, 0.1) is 17.3 Å². The Morgan fingerprint density at radius 2 is 2.22 bits per heavy atom. The molecule has 1 saturated heterocycles. The number of fused-ring (bicyclic) bond motifs is 1. The topological polar surface area (TPSA) is 46.5 Å². The van der Waals surface area contributed by atoms with Gasteiger partial charge in [0, 0.05) is 11.5 Å². The van der Waals surface area contributed by atoms with Crippen LogP contribution in [0.2, 0.25) is 0 Å². The first-order valence-electron chi connectivity index (χ1n) is 6.18. The molecule has 1 aliphatic heterocycles. The first kappa shape index (κ1) is 13.1. The number of hydrogen-bond donors (Lipinski definition) is 1. The van der Waals surface area contributed by atoms with Crippen molar-refractivity contribution >= 4 is 5.97 Å². The summed E-state index contributed by atoms with van der Waals surface area (Å²) in [6.45, 7) is 15.6. The van der Waals surface area contributed by atoms with E-state index in [1.54, 1.807) is 0 Å². The third-order valence-electron chi connectivity index (χ3n) is 4.36. The van der Waals surface area contributed by atoms with E-state index in [0.29, 0.717) is 12.0 Å². The van der Waals surface area contributed by atoms with Crippen molar-refractivity contribution in [2.24, 2.45) is 17.3 Å². The van der Waals surface area contributed by atoms with Crippen molar-refractivity contribution in [3.63, 3.8) is 0 Å². The van der Waals surface area contributed by atoms with Crippen molar-refractivity contribution in [3.05, 3.63) is 37.0 Å². The van der Waals surface area contributed by atoms with Gasteiger partial charge in [-0.15, -0.1) is 6.58 Å². The van der Waals surface area contributed by atoms with Crippen molar-refractivity contribution in [3.8, 4) is 0 Å². The minimum Gasteiger partial charge on any atom is -0.458 e. The molecule has 1 N–H and O–H groups in total. The van der Waals surface area contributed by atoms with Crippen molar-refractivity contribution in [1.29, 1.82) is 0 Å². The number of hydrogen-bond acceptors (Lipinski definition) is 3. The highest BCUT2D eigenvalue weighted by Crippen LogP contribution is 2.52. The van der Waals surface area contributed by atoms with E-state index in [1.165, 1.54) is 0 Å². The molecule has 0 spiro atoms. The van der Waals surface area contributed by atoms with E-state index in [-0.39, 0.29) is 23.4 Å². The molecule has 5 unspecified atom stereocenters. The molecule has 2 rings (SSSR count). The third kappa shape index (κ3) is 1.65. The molecule has 1 heterocycles. The largest absolute Gasteiger partial charge is 0.458 e. The minimum atomic E-state index is -0.618. The number of carbonyl (C=O) groups excluding carboxylic acids is 1. The maximum atomic E-state index is 11.7. The van der Waals surface area contributed by atoms with Gasteiger partial charge in [0.1, 0.15) is 6.10 Å². The van der Waals surface area contributed by atoms with E-state index in [9.17, 15) is 9.90 Å². The van der Waals surface area contributed by atoms with Crippen LogP contribution in [0.4, 0.5) is 0 Å². The molecule has 0 aromatic carbocycles. The zero-order valence-electron chi connectivity index (χ0n) is 11.0. The van der Waals surface area contributed by atoms with E-state index >= 15 is 0 Å². The second-order valence-electron chi connectivity index (χ2n) is 5.73. The molecular weight excluding hydrogens is 228 g/mol. The van der Waals surface area contributed by atoms with Crippen LogP contribution in [0.5, 0.6) is 0 Å². The predicted octanol–water partition coefficient (Wildman–Crippen LogP) is 2.23. The van der Waals surface area contributed by atoms with Crippen LogP contribution in [-0.2, 0) is 9.53 Å². The fraction of sp³-hybridized carbons (Fsp3) is 0.533. The van der Waals surface area contributed by atoms with Gasteiger partial charge in [-0.3, -0.25) is 0 Å². The highest BCUT2D eigenvalue weighted by Gasteiger charge is 2.56. The van der Waals surface area contributed by atoms with Crippen LogP contribution >= 0.6 is 0 Å². The molecule has 98 valence electrons. The lowest BCUT2D eigenvalue weighted by atomic mass is 9.59. The number of esters is 1. The van der Waals surface area contributed by atoms with Crippen molar-refractivity contribution < 1.29 is 14.6 Å². The Kier molecular flexibility index (Phi) is 2.98. The molecule has 0 amide bonds. The average Bonchev–Trinajstić information content (AvgIpc) is 2.54. The Bertz CT molecular complexity index is 437. The Morgan fingerprint density at radius 1 is 1.61 bits per heavy atom. The summed E-state index contributed by atoms with van der Waals surface area (Å²) in [5.74, 6) is -0.734. The Morgan fingerprint density at radius 3 is 2.72 bits per heavy atom. The molecule has 18 heavy (non-hydrogen) atoms. The second kappa shape index (κ2) is 4.09. The van der Waals surface area contributed by atoms with E-state index in [0.717, 1.165) is 5.57 Å². The lowest BCUT2D eigenvalue weighted by Gasteiger charge is -2.47. The number of allylic oxidation sites excluding steroid dienone is 1. The summed E-state index contributed by atoms with van der Waals surface area (Å²) in [4.78, 5) is 11.7. The van der Waals surface area contributed by atoms with Gasteiger partial charge in [-0.2, -0.15) is 0 Å². The van der Waals surface area contributed by atoms with Crippen LogP contribution in [0.3, 0.4) is 0 Å². The lowest BCUT2D eigenvalue weighted by molar-refractivity contribution is -0.145. The molecular formula is C15H20O3. The van der Waals surface area contributed by atoms with E-state index in [1.807, 2.05) is 19.9 Å². The molecule has 0 aromatic rings. The summed E-state index contributed by atoms with van der Waals surface area (Å²) in [6, 6.07) is 0. The molecule has 2 fully saturated rings. The zero-order valence-corrected chi connectivity index (χ0v) is 11.0. The van der Waals surface area contributed by atoms with Gasteiger partial charge in [-0.05, 0) is 18.8 Å². The number of carbonyl (C=O) groups is 1. The maximum absolute atomic E-state index is 11.7. The number of aliphatic hydroxyl groups is 1. The Labute approximate surface area is 108 Å². The number of ether oxygens (including phenoxy) is 1. The zero-order chi connectivity index (χ0) is 13.7. The van der Waals surface area contributed by atoms with Gasteiger partial charge in [0.2, 0.25) is 0 Å². The third-order valence-corrected chi connectivity index (χ3v) is 4.36. The minimum absolute atomic E-state index is 0.0217. The fourth-order valence-corrected chi connectivity index (χ4v) is 3.47. The quantitative estimate of drug-likeness (QED) is 0.463.